The standard InChI is InChI=1S/C42H71N5O15.Ga/c1-3-58-24-25-61-23-9-14-47(33(2)48)30-34(49)10-4-6-21-59-26-28-62-29-27-60-22-7-5-11-35-39(41(55)40(35)54)43-13-8-12-36(42(56)57)46-19-17-44(31-37(50)51)15-16-45(18-20-46)32-38(52)53;/h36,43H,3-32H2,1-2H3,(H,50,51)(H,52,53)(H,56,57);/q;+3/p-3. The Balaban J connectivity index is 0.0000198. The number of amides is 1. The smallest absolute Gasteiger partial charge is 0.549 e. The molecule has 0 radical (unpaired) electrons. The molecule has 21 heteroatoms. The van der Waals surface area contributed by atoms with Gasteiger partial charge in [-0.05, 0) is 58.3 Å². The van der Waals surface area contributed by atoms with Gasteiger partial charge in [-0.2, -0.15) is 0 Å². The van der Waals surface area contributed by atoms with E-state index in [1.807, 2.05) is 6.92 Å². The summed E-state index contributed by atoms with van der Waals surface area (Å²) < 4.78 is 27.4. The first-order chi connectivity index (χ1) is 29.8. The number of unbranched alkanes of at least 4 members (excludes halogenated alkanes) is 2. The second kappa shape index (κ2) is 35.1. The quantitative estimate of drug-likeness (QED) is 0.0379. The minimum atomic E-state index is -1.33. The van der Waals surface area contributed by atoms with Crippen LogP contribution in [0.5, 0.6) is 0 Å². The number of ketones is 1. The van der Waals surface area contributed by atoms with Crippen molar-refractivity contribution in [3.63, 3.8) is 0 Å². The molecule has 1 fully saturated rings. The zero-order chi connectivity index (χ0) is 45.5. The fourth-order valence-corrected chi connectivity index (χ4v) is 6.91. The molecular weight excluding hydrogens is 884 g/mol. The van der Waals surface area contributed by atoms with E-state index in [0.717, 1.165) is 6.42 Å². The molecule has 63 heavy (non-hydrogen) atoms. The molecule has 1 heterocycles. The summed E-state index contributed by atoms with van der Waals surface area (Å²) in [7, 11) is 0. The van der Waals surface area contributed by atoms with Gasteiger partial charge < -0.3 is 63.6 Å². The van der Waals surface area contributed by atoms with E-state index in [4.69, 9.17) is 23.7 Å². The second-order valence-corrected chi connectivity index (χ2v) is 15.1. The summed E-state index contributed by atoms with van der Waals surface area (Å²) in [5.41, 5.74) is -0.505. The van der Waals surface area contributed by atoms with Crippen LogP contribution in [0.2, 0.25) is 0 Å². The zero-order valence-corrected chi connectivity index (χ0v) is 39.7. The van der Waals surface area contributed by atoms with Crippen LogP contribution >= 0.6 is 0 Å². The molecule has 1 aromatic carbocycles. The molecule has 1 aromatic rings. The number of carboxylic acid groups (broad SMARTS) is 3. The van der Waals surface area contributed by atoms with Crippen LogP contribution < -0.4 is 31.5 Å². The average Bonchev–Trinajstić information content (AvgIpc) is 3.31. The number of ether oxygens (including phenoxy) is 5. The molecule has 0 spiro atoms. The first-order valence-electron chi connectivity index (χ1n) is 21.8. The molecule has 0 aromatic heterocycles. The molecule has 20 nitrogen and oxygen atoms in total. The molecule has 1 aliphatic rings. The fraction of sp³-hybridized carbons (Fsp3) is 0.786. The molecule has 0 saturated carbocycles. The number of hydrogen-bond acceptors (Lipinski definition) is 19. The topological polar surface area (TPSA) is 260 Å². The maximum Gasteiger partial charge on any atom is 3.00 e. The van der Waals surface area contributed by atoms with E-state index in [2.05, 4.69) is 5.32 Å². The van der Waals surface area contributed by atoms with E-state index in [-0.39, 0.29) is 109 Å². The summed E-state index contributed by atoms with van der Waals surface area (Å²) in [5.74, 6) is -4.04. The van der Waals surface area contributed by atoms with Gasteiger partial charge in [-0.25, -0.2) is 0 Å². The number of anilines is 1. The number of carbonyl (C=O) groups excluding carboxylic acids is 5. The van der Waals surface area contributed by atoms with Crippen molar-refractivity contribution in [1.29, 1.82) is 0 Å². The van der Waals surface area contributed by atoms with Crippen LogP contribution in [-0.2, 0) is 54.1 Å². The van der Waals surface area contributed by atoms with E-state index >= 15 is 0 Å². The Morgan fingerprint density at radius 2 is 1.17 bits per heavy atom. The second-order valence-electron chi connectivity index (χ2n) is 15.1. The summed E-state index contributed by atoms with van der Waals surface area (Å²) in [6, 6.07) is -1.05. The van der Waals surface area contributed by atoms with Crippen molar-refractivity contribution in [3.05, 3.63) is 26.0 Å². The van der Waals surface area contributed by atoms with E-state index in [1.165, 1.54) is 6.92 Å². The number of rotatable bonds is 37. The Hall–Kier alpha value is -3.25. The van der Waals surface area contributed by atoms with Gasteiger partial charge in [0.1, 0.15) is 0 Å². The van der Waals surface area contributed by atoms with Crippen LogP contribution in [0.3, 0.4) is 0 Å². The molecule has 354 valence electrons. The van der Waals surface area contributed by atoms with Crippen molar-refractivity contribution < 1.29 is 63.0 Å². The van der Waals surface area contributed by atoms with Crippen LogP contribution in [0.1, 0.15) is 70.8 Å². The van der Waals surface area contributed by atoms with Crippen molar-refractivity contribution in [1.82, 2.24) is 19.6 Å². The van der Waals surface area contributed by atoms with Crippen molar-refractivity contribution in [2.45, 2.75) is 77.7 Å². The Morgan fingerprint density at radius 1 is 0.667 bits per heavy atom. The van der Waals surface area contributed by atoms with E-state index in [0.29, 0.717) is 123 Å². The van der Waals surface area contributed by atoms with Gasteiger partial charge in [0, 0.05) is 117 Å². The minimum absolute atomic E-state index is 0. The number of Topliss-reactive ketones (excluding diaryl/α,β-unsaturated/α-hetero) is 1. The Morgan fingerprint density at radius 3 is 1.70 bits per heavy atom. The molecule has 1 unspecified atom stereocenters. The molecular formula is C42H68GaN5O15. The number of nitrogens with zero attached hydrogens (tertiary/aromatic N) is 4. The van der Waals surface area contributed by atoms with Crippen LogP contribution in [0.25, 0.3) is 0 Å². The van der Waals surface area contributed by atoms with Gasteiger partial charge in [0.05, 0.1) is 69.8 Å². The van der Waals surface area contributed by atoms with Gasteiger partial charge in [-0.3, -0.25) is 33.9 Å². The monoisotopic (exact) mass is 951 g/mol. The molecule has 1 aliphatic heterocycles. The summed E-state index contributed by atoms with van der Waals surface area (Å²) in [4.78, 5) is 89.8. The summed E-state index contributed by atoms with van der Waals surface area (Å²) >= 11 is 0. The predicted molar refractivity (Wildman–Crippen MR) is 227 cm³/mol. The summed E-state index contributed by atoms with van der Waals surface area (Å²) in [5, 5.41) is 37.6. The fourth-order valence-electron chi connectivity index (χ4n) is 6.91. The Kier molecular flexibility index (Phi) is 32.1. The van der Waals surface area contributed by atoms with Gasteiger partial charge in [0.15, 0.2) is 5.78 Å². The number of aliphatic carboxylic acids is 3. The third-order valence-electron chi connectivity index (χ3n) is 10.3. The number of hydrogen-bond donors (Lipinski definition) is 1. The molecule has 1 N–H and O–H groups in total. The molecule has 2 rings (SSSR count). The maximum atomic E-state index is 12.4. The van der Waals surface area contributed by atoms with Gasteiger partial charge in [-0.15, -0.1) is 0 Å². The summed E-state index contributed by atoms with van der Waals surface area (Å²) in [6.45, 7) is 9.50. The molecule has 0 aliphatic carbocycles. The van der Waals surface area contributed by atoms with Gasteiger partial charge in [-0.1, -0.05) is 0 Å². The van der Waals surface area contributed by atoms with E-state index in [9.17, 15) is 48.9 Å². The Labute approximate surface area is 383 Å². The maximum absolute atomic E-state index is 12.4. The first kappa shape index (κ1) is 57.8. The first-order valence-corrected chi connectivity index (χ1v) is 21.8. The average molecular weight is 953 g/mol. The SMILES string of the molecule is CCOCCOCCCN(CC(=O)CCCCOCCOCCOCCCCc1c(NCCCC(C(=O)[O-])N2CCN(CC(=O)[O-])CCN(CC(=O)[O-])CC2)c(=O)c1=O)C(C)=O.[Ga+3]. The van der Waals surface area contributed by atoms with Crippen LogP contribution in [0.15, 0.2) is 9.59 Å². The third-order valence-corrected chi connectivity index (χ3v) is 10.3. The molecule has 1 saturated heterocycles. The Bertz CT molecular complexity index is 1520. The largest absolute Gasteiger partial charge is 3.00 e. The van der Waals surface area contributed by atoms with E-state index in [1.54, 1.807) is 19.6 Å². The molecule has 1 atom stereocenters. The van der Waals surface area contributed by atoms with Crippen LogP contribution in [0.4, 0.5) is 5.69 Å². The number of carboxylic acids is 3. The van der Waals surface area contributed by atoms with Crippen LogP contribution in [0, 0.1) is 0 Å². The number of nitrogens with one attached hydrogen (secondary N) is 1. The van der Waals surface area contributed by atoms with Crippen molar-refractivity contribution in [2.75, 3.05) is 143 Å². The van der Waals surface area contributed by atoms with Gasteiger partial charge >= 0.3 is 19.8 Å². The summed E-state index contributed by atoms with van der Waals surface area (Å²) in [6.07, 6.45) is 4.54. The van der Waals surface area contributed by atoms with Crippen molar-refractivity contribution >= 4 is 55.1 Å². The van der Waals surface area contributed by atoms with Crippen molar-refractivity contribution in [3.8, 4) is 0 Å². The number of carbonyl (C=O) groups is 5. The predicted octanol–water partition coefficient (Wildman–Crippen LogP) is -3.96. The molecule has 0 bridgehead atoms. The van der Waals surface area contributed by atoms with Gasteiger partial charge in [0.2, 0.25) is 16.8 Å². The van der Waals surface area contributed by atoms with Crippen LogP contribution in [-0.4, -0.2) is 213 Å². The normalized spacial score (nSPS) is 14.6. The minimum Gasteiger partial charge on any atom is -0.549 e. The van der Waals surface area contributed by atoms with Crippen molar-refractivity contribution in [2.24, 2.45) is 0 Å². The van der Waals surface area contributed by atoms with E-state index < -0.39 is 34.8 Å². The third kappa shape index (κ3) is 25.7. The zero-order valence-electron chi connectivity index (χ0n) is 37.3. The molecule has 1 amide bonds. The van der Waals surface area contributed by atoms with Gasteiger partial charge in [0.25, 0.3) is 0 Å².